The van der Waals surface area contributed by atoms with Crippen LogP contribution in [0.15, 0.2) is 42.5 Å². The Kier molecular flexibility index (Phi) is 3.24. The number of rotatable bonds is 1. The molecule has 112 valence electrons. The van der Waals surface area contributed by atoms with Gasteiger partial charge >= 0.3 is 6.18 Å². The van der Waals surface area contributed by atoms with Crippen molar-refractivity contribution in [3.63, 3.8) is 0 Å². The highest BCUT2D eigenvalue weighted by Crippen LogP contribution is 2.38. The maximum atomic E-state index is 12.9. The van der Waals surface area contributed by atoms with Crippen molar-refractivity contribution in [3.8, 4) is 0 Å². The fourth-order valence-corrected chi connectivity index (χ4v) is 2.24. The van der Waals surface area contributed by atoms with Gasteiger partial charge in [-0.2, -0.15) is 13.2 Å². The number of hydrogen-bond donors (Lipinski definition) is 1. The zero-order chi connectivity index (χ0) is 15.9. The van der Waals surface area contributed by atoms with E-state index < -0.39 is 23.5 Å². The topological polar surface area (TPSA) is 29.1 Å². The summed E-state index contributed by atoms with van der Waals surface area (Å²) in [7, 11) is 0. The fraction of sp³-hybridized carbons (Fsp3) is 0.0625. The molecule has 0 aliphatic carbocycles. The van der Waals surface area contributed by atoms with E-state index in [0.717, 1.165) is 12.1 Å². The zero-order valence-electron chi connectivity index (χ0n) is 11.0. The van der Waals surface area contributed by atoms with Gasteiger partial charge in [0, 0.05) is 16.8 Å². The molecule has 0 spiro atoms. The van der Waals surface area contributed by atoms with Crippen LogP contribution in [0.5, 0.6) is 0 Å². The smallest absolute Gasteiger partial charge is 0.321 e. The lowest BCUT2D eigenvalue weighted by Gasteiger charge is -2.08. The first-order valence-corrected chi connectivity index (χ1v) is 6.35. The van der Waals surface area contributed by atoms with Gasteiger partial charge in [0.1, 0.15) is 5.82 Å². The molecule has 1 aliphatic heterocycles. The number of amides is 1. The lowest BCUT2D eigenvalue weighted by molar-refractivity contribution is -0.137. The second-order valence-corrected chi connectivity index (χ2v) is 4.82. The minimum atomic E-state index is -4.47. The van der Waals surface area contributed by atoms with Crippen LogP contribution < -0.4 is 5.32 Å². The van der Waals surface area contributed by atoms with Gasteiger partial charge in [-0.15, -0.1) is 0 Å². The molecule has 0 aromatic heterocycles. The van der Waals surface area contributed by atoms with Crippen LogP contribution in [0.1, 0.15) is 16.7 Å². The lowest BCUT2D eigenvalue weighted by Crippen LogP contribution is -2.06. The molecule has 1 aliphatic rings. The summed E-state index contributed by atoms with van der Waals surface area (Å²) in [5.41, 5.74) is 0.514. The molecule has 0 unspecified atom stereocenters. The second kappa shape index (κ2) is 4.98. The normalized spacial score (nSPS) is 15.8. The number of fused-ring (bicyclic) bond motifs is 1. The number of halogens is 4. The van der Waals surface area contributed by atoms with Gasteiger partial charge in [-0.05, 0) is 35.9 Å². The van der Waals surface area contributed by atoms with Gasteiger partial charge in [0.15, 0.2) is 0 Å². The van der Waals surface area contributed by atoms with Gasteiger partial charge < -0.3 is 5.32 Å². The van der Waals surface area contributed by atoms with Crippen LogP contribution in [0.2, 0.25) is 0 Å². The summed E-state index contributed by atoms with van der Waals surface area (Å²) in [6, 6.07) is 8.54. The molecule has 1 amide bonds. The number of carbonyl (C=O) groups is 1. The summed E-state index contributed by atoms with van der Waals surface area (Å²) in [6.07, 6.45) is -2.96. The van der Waals surface area contributed by atoms with Crippen molar-refractivity contribution >= 4 is 23.2 Å². The molecule has 2 aromatic carbocycles. The SMILES string of the molecule is O=C1Nc2cc(C(F)(F)F)ccc2/C1=C\c1ccc(F)cc1. The van der Waals surface area contributed by atoms with Crippen molar-refractivity contribution in [2.45, 2.75) is 6.18 Å². The van der Waals surface area contributed by atoms with Crippen LogP contribution in [0.3, 0.4) is 0 Å². The molecule has 0 fully saturated rings. The molecule has 6 heteroatoms. The van der Waals surface area contributed by atoms with E-state index in [1.54, 1.807) is 0 Å². The number of benzene rings is 2. The third-order valence-corrected chi connectivity index (χ3v) is 3.31. The molecule has 2 aromatic rings. The van der Waals surface area contributed by atoms with E-state index >= 15 is 0 Å². The van der Waals surface area contributed by atoms with Crippen LogP contribution in [0, 0.1) is 5.82 Å². The molecule has 0 radical (unpaired) electrons. The average molecular weight is 307 g/mol. The number of nitrogens with one attached hydrogen (secondary N) is 1. The number of carbonyl (C=O) groups excluding carboxylic acids is 1. The second-order valence-electron chi connectivity index (χ2n) is 4.82. The van der Waals surface area contributed by atoms with Gasteiger partial charge in [0.05, 0.1) is 5.56 Å². The van der Waals surface area contributed by atoms with E-state index in [-0.39, 0.29) is 11.3 Å². The number of anilines is 1. The minimum Gasteiger partial charge on any atom is -0.321 e. The summed E-state index contributed by atoms with van der Waals surface area (Å²) in [5.74, 6) is -0.896. The Hall–Kier alpha value is -2.63. The molecule has 0 saturated carbocycles. The highest BCUT2D eigenvalue weighted by Gasteiger charge is 2.33. The Morgan fingerprint density at radius 2 is 1.68 bits per heavy atom. The van der Waals surface area contributed by atoms with Gasteiger partial charge in [-0.1, -0.05) is 18.2 Å². The molecule has 1 N–H and O–H groups in total. The Bertz CT molecular complexity index is 776. The molecule has 2 nitrogen and oxygen atoms in total. The Morgan fingerprint density at radius 3 is 2.32 bits per heavy atom. The minimum absolute atomic E-state index is 0.119. The monoisotopic (exact) mass is 307 g/mol. The van der Waals surface area contributed by atoms with Crippen molar-refractivity contribution in [1.29, 1.82) is 0 Å². The maximum Gasteiger partial charge on any atom is 0.416 e. The van der Waals surface area contributed by atoms with Crippen LogP contribution >= 0.6 is 0 Å². The van der Waals surface area contributed by atoms with Gasteiger partial charge in [0.2, 0.25) is 0 Å². The molecule has 0 atom stereocenters. The van der Waals surface area contributed by atoms with Crippen molar-refractivity contribution in [3.05, 3.63) is 65.0 Å². The third-order valence-electron chi connectivity index (χ3n) is 3.31. The van der Waals surface area contributed by atoms with Gasteiger partial charge in [-0.25, -0.2) is 4.39 Å². The zero-order valence-corrected chi connectivity index (χ0v) is 11.0. The van der Waals surface area contributed by atoms with E-state index in [0.29, 0.717) is 11.1 Å². The summed E-state index contributed by atoms with van der Waals surface area (Å²) >= 11 is 0. The summed E-state index contributed by atoms with van der Waals surface area (Å²) in [5, 5.41) is 2.41. The van der Waals surface area contributed by atoms with Crippen LogP contribution in [0.4, 0.5) is 23.2 Å². The largest absolute Gasteiger partial charge is 0.416 e. The van der Waals surface area contributed by atoms with E-state index in [1.165, 1.54) is 36.4 Å². The highest BCUT2D eigenvalue weighted by molar-refractivity contribution is 6.34. The first-order valence-electron chi connectivity index (χ1n) is 6.35. The maximum absolute atomic E-state index is 12.9. The summed E-state index contributed by atoms with van der Waals surface area (Å²) in [6.45, 7) is 0. The fourth-order valence-electron chi connectivity index (χ4n) is 2.24. The van der Waals surface area contributed by atoms with E-state index in [4.69, 9.17) is 0 Å². The van der Waals surface area contributed by atoms with Crippen LogP contribution in [-0.4, -0.2) is 5.91 Å². The van der Waals surface area contributed by atoms with Crippen molar-refractivity contribution in [2.75, 3.05) is 5.32 Å². The Balaban J connectivity index is 2.03. The Labute approximate surface area is 123 Å². The van der Waals surface area contributed by atoms with Crippen LogP contribution in [0.25, 0.3) is 11.6 Å². The van der Waals surface area contributed by atoms with Crippen molar-refractivity contribution in [1.82, 2.24) is 0 Å². The predicted octanol–water partition coefficient (Wildman–Crippen LogP) is 4.34. The third kappa shape index (κ3) is 2.59. The number of alkyl halides is 3. The standard InChI is InChI=1S/C16H9F4NO/c17-11-4-1-9(2-5-11)7-13-12-6-3-10(16(18,19)20)8-14(12)21-15(13)22/h1-8H,(H,21,22)/b13-7+. The molecule has 22 heavy (non-hydrogen) atoms. The molecular weight excluding hydrogens is 298 g/mol. The van der Waals surface area contributed by atoms with Gasteiger partial charge in [0.25, 0.3) is 5.91 Å². The molecular formula is C16H9F4NO. The predicted molar refractivity (Wildman–Crippen MR) is 74.3 cm³/mol. The van der Waals surface area contributed by atoms with Crippen molar-refractivity contribution < 1.29 is 22.4 Å². The van der Waals surface area contributed by atoms with E-state index in [1.807, 2.05) is 0 Å². The van der Waals surface area contributed by atoms with Crippen molar-refractivity contribution in [2.24, 2.45) is 0 Å². The summed E-state index contributed by atoms with van der Waals surface area (Å²) < 4.78 is 50.9. The molecule has 0 bridgehead atoms. The highest BCUT2D eigenvalue weighted by atomic mass is 19.4. The number of hydrogen-bond acceptors (Lipinski definition) is 1. The molecule has 1 heterocycles. The van der Waals surface area contributed by atoms with Gasteiger partial charge in [-0.3, -0.25) is 4.79 Å². The van der Waals surface area contributed by atoms with E-state index in [9.17, 15) is 22.4 Å². The quantitative estimate of drug-likeness (QED) is 0.616. The Morgan fingerprint density at radius 1 is 1.00 bits per heavy atom. The summed E-state index contributed by atoms with van der Waals surface area (Å²) in [4.78, 5) is 11.9. The first-order chi connectivity index (χ1) is 10.3. The molecule has 0 saturated heterocycles. The first kappa shape index (κ1) is 14.3. The molecule has 3 rings (SSSR count). The van der Waals surface area contributed by atoms with E-state index in [2.05, 4.69) is 5.32 Å². The average Bonchev–Trinajstić information content (AvgIpc) is 2.76. The van der Waals surface area contributed by atoms with Crippen LogP contribution in [-0.2, 0) is 11.0 Å². The lowest BCUT2D eigenvalue weighted by atomic mass is 10.0.